The molecule has 1 unspecified atom stereocenters. The lowest BCUT2D eigenvalue weighted by Gasteiger charge is -2.19. The van der Waals surface area contributed by atoms with Gasteiger partial charge in [0, 0.05) is 12.6 Å². The summed E-state index contributed by atoms with van der Waals surface area (Å²) in [4.78, 5) is 0. The Kier molecular flexibility index (Phi) is 6.03. The molecule has 1 atom stereocenters. The van der Waals surface area contributed by atoms with Crippen LogP contribution in [0.1, 0.15) is 25.8 Å². The van der Waals surface area contributed by atoms with E-state index in [0.29, 0.717) is 6.04 Å². The first-order chi connectivity index (χ1) is 9.85. The highest BCUT2D eigenvalue weighted by Gasteiger charge is 2.10. The Morgan fingerprint density at radius 3 is 2.65 bits per heavy atom. The highest BCUT2D eigenvalue weighted by molar-refractivity contribution is 5.85. The van der Waals surface area contributed by atoms with Crippen molar-refractivity contribution >= 4 is 10.8 Å². The second-order valence-corrected chi connectivity index (χ2v) is 5.17. The summed E-state index contributed by atoms with van der Waals surface area (Å²) in [5.41, 5.74) is 1.40. The molecular formula is C18H25NO. The van der Waals surface area contributed by atoms with Gasteiger partial charge in [0.1, 0.15) is 0 Å². The van der Waals surface area contributed by atoms with E-state index >= 15 is 0 Å². The van der Waals surface area contributed by atoms with E-state index in [1.165, 1.54) is 16.3 Å². The Hall–Kier alpha value is -1.38. The van der Waals surface area contributed by atoms with E-state index in [9.17, 15) is 0 Å². The number of likely N-dealkylation sites (N-methyl/N-ethyl adjacent to an activating group) is 1. The van der Waals surface area contributed by atoms with Crippen LogP contribution in [0.4, 0.5) is 0 Å². The summed E-state index contributed by atoms with van der Waals surface area (Å²) < 4.78 is 5.72. The molecule has 2 aromatic carbocycles. The highest BCUT2D eigenvalue weighted by Crippen LogP contribution is 2.19. The van der Waals surface area contributed by atoms with Gasteiger partial charge in [0.25, 0.3) is 0 Å². The van der Waals surface area contributed by atoms with Gasteiger partial charge in [0.2, 0.25) is 0 Å². The second-order valence-electron chi connectivity index (χ2n) is 5.17. The van der Waals surface area contributed by atoms with Gasteiger partial charge in [-0.2, -0.15) is 0 Å². The Balaban J connectivity index is 2.11. The maximum absolute atomic E-state index is 5.72. The van der Waals surface area contributed by atoms with Gasteiger partial charge in [-0.1, -0.05) is 56.3 Å². The summed E-state index contributed by atoms with van der Waals surface area (Å²) in [5.74, 6) is 0. The molecule has 20 heavy (non-hydrogen) atoms. The normalized spacial score (nSPS) is 12.7. The lowest BCUT2D eigenvalue weighted by Crippen LogP contribution is -2.35. The zero-order valence-corrected chi connectivity index (χ0v) is 12.6. The van der Waals surface area contributed by atoms with Gasteiger partial charge in [-0.05, 0) is 35.7 Å². The predicted molar refractivity (Wildman–Crippen MR) is 86.2 cm³/mol. The van der Waals surface area contributed by atoms with E-state index in [4.69, 9.17) is 4.74 Å². The zero-order chi connectivity index (χ0) is 14.2. The number of benzene rings is 2. The van der Waals surface area contributed by atoms with E-state index in [1.54, 1.807) is 0 Å². The molecule has 0 aliphatic carbocycles. The SMILES string of the molecule is CCCOCC(Cc1cccc2ccccc12)NCC. The monoisotopic (exact) mass is 271 g/mol. The van der Waals surface area contributed by atoms with Crippen LogP contribution in [0, 0.1) is 0 Å². The molecule has 108 valence electrons. The summed E-state index contributed by atoms with van der Waals surface area (Å²) >= 11 is 0. The average molecular weight is 271 g/mol. The van der Waals surface area contributed by atoms with Crippen LogP contribution >= 0.6 is 0 Å². The third-order valence-corrected chi connectivity index (χ3v) is 3.51. The minimum atomic E-state index is 0.386. The molecule has 2 aromatic rings. The number of fused-ring (bicyclic) bond motifs is 1. The Morgan fingerprint density at radius 1 is 1.05 bits per heavy atom. The van der Waals surface area contributed by atoms with Gasteiger partial charge in [-0.3, -0.25) is 0 Å². The van der Waals surface area contributed by atoms with Crippen LogP contribution in [-0.2, 0) is 11.2 Å². The van der Waals surface area contributed by atoms with E-state index in [-0.39, 0.29) is 0 Å². The highest BCUT2D eigenvalue weighted by atomic mass is 16.5. The molecule has 0 aliphatic heterocycles. The smallest absolute Gasteiger partial charge is 0.0622 e. The van der Waals surface area contributed by atoms with Crippen LogP contribution < -0.4 is 5.32 Å². The van der Waals surface area contributed by atoms with Crippen LogP contribution in [0.5, 0.6) is 0 Å². The van der Waals surface area contributed by atoms with E-state index in [2.05, 4.69) is 61.6 Å². The van der Waals surface area contributed by atoms with Crippen LogP contribution in [0.25, 0.3) is 10.8 Å². The largest absolute Gasteiger partial charge is 0.380 e. The van der Waals surface area contributed by atoms with E-state index in [1.807, 2.05) is 0 Å². The van der Waals surface area contributed by atoms with Gasteiger partial charge in [-0.15, -0.1) is 0 Å². The maximum atomic E-state index is 5.72. The molecule has 0 saturated heterocycles. The molecule has 2 nitrogen and oxygen atoms in total. The van der Waals surface area contributed by atoms with Crippen molar-refractivity contribution in [3.8, 4) is 0 Å². The zero-order valence-electron chi connectivity index (χ0n) is 12.6. The predicted octanol–water partition coefficient (Wildman–Crippen LogP) is 3.79. The number of rotatable bonds is 8. The number of ether oxygens (including phenoxy) is 1. The van der Waals surface area contributed by atoms with Crippen molar-refractivity contribution in [1.82, 2.24) is 5.32 Å². The van der Waals surface area contributed by atoms with Crippen LogP contribution in [0.2, 0.25) is 0 Å². The minimum Gasteiger partial charge on any atom is -0.380 e. The van der Waals surface area contributed by atoms with Crippen molar-refractivity contribution in [3.63, 3.8) is 0 Å². The first-order valence-corrected chi connectivity index (χ1v) is 7.63. The minimum absolute atomic E-state index is 0.386. The molecule has 2 rings (SSSR count). The molecule has 0 fully saturated rings. The van der Waals surface area contributed by atoms with Crippen molar-refractivity contribution in [1.29, 1.82) is 0 Å². The van der Waals surface area contributed by atoms with Gasteiger partial charge in [0.15, 0.2) is 0 Å². The summed E-state index contributed by atoms with van der Waals surface area (Å²) in [5, 5.41) is 6.20. The summed E-state index contributed by atoms with van der Waals surface area (Å²) in [6, 6.07) is 15.5. The first kappa shape index (κ1) is 15.0. The first-order valence-electron chi connectivity index (χ1n) is 7.63. The second kappa shape index (κ2) is 8.03. The summed E-state index contributed by atoms with van der Waals surface area (Å²) in [6.45, 7) is 6.90. The molecule has 2 heteroatoms. The standard InChI is InChI=1S/C18H25NO/c1-3-12-20-14-17(19-4-2)13-16-10-7-9-15-8-5-6-11-18(15)16/h5-11,17,19H,3-4,12-14H2,1-2H3. The lowest BCUT2D eigenvalue weighted by molar-refractivity contribution is 0.112. The maximum Gasteiger partial charge on any atom is 0.0622 e. The lowest BCUT2D eigenvalue weighted by atomic mass is 9.99. The van der Waals surface area contributed by atoms with Crippen LogP contribution in [-0.4, -0.2) is 25.8 Å². The molecule has 0 bridgehead atoms. The van der Waals surface area contributed by atoms with E-state index < -0.39 is 0 Å². The Labute approximate surface area is 122 Å². The molecule has 0 aromatic heterocycles. The molecule has 0 spiro atoms. The molecule has 0 heterocycles. The van der Waals surface area contributed by atoms with E-state index in [0.717, 1.165) is 32.6 Å². The quantitative estimate of drug-likeness (QED) is 0.738. The summed E-state index contributed by atoms with van der Waals surface area (Å²) in [7, 11) is 0. The molecule has 0 radical (unpaired) electrons. The number of hydrogen-bond donors (Lipinski definition) is 1. The third-order valence-electron chi connectivity index (χ3n) is 3.51. The fourth-order valence-corrected chi connectivity index (χ4v) is 2.58. The molecule has 1 N–H and O–H groups in total. The summed E-state index contributed by atoms with van der Waals surface area (Å²) in [6.07, 6.45) is 2.09. The number of nitrogens with one attached hydrogen (secondary N) is 1. The van der Waals surface area contributed by atoms with Crippen LogP contribution in [0.15, 0.2) is 42.5 Å². The van der Waals surface area contributed by atoms with Gasteiger partial charge in [-0.25, -0.2) is 0 Å². The topological polar surface area (TPSA) is 21.3 Å². The average Bonchev–Trinajstić information content (AvgIpc) is 2.48. The molecular weight excluding hydrogens is 246 g/mol. The van der Waals surface area contributed by atoms with Crippen molar-refractivity contribution in [2.45, 2.75) is 32.7 Å². The van der Waals surface area contributed by atoms with Crippen molar-refractivity contribution in [2.75, 3.05) is 19.8 Å². The van der Waals surface area contributed by atoms with Gasteiger partial charge >= 0.3 is 0 Å². The molecule has 0 aliphatic rings. The fraction of sp³-hybridized carbons (Fsp3) is 0.444. The van der Waals surface area contributed by atoms with Crippen LogP contribution in [0.3, 0.4) is 0 Å². The van der Waals surface area contributed by atoms with Crippen molar-refractivity contribution < 1.29 is 4.74 Å². The Bertz CT molecular complexity index is 518. The number of hydrogen-bond acceptors (Lipinski definition) is 2. The third kappa shape index (κ3) is 4.06. The fourth-order valence-electron chi connectivity index (χ4n) is 2.58. The molecule has 0 saturated carbocycles. The van der Waals surface area contributed by atoms with Gasteiger partial charge in [0.05, 0.1) is 6.61 Å². The molecule has 0 amide bonds. The van der Waals surface area contributed by atoms with Crippen molar-refractivity contribution in [2.24, 2.45) is 0 Å². The van der Waals surface area contributed by atoms with Crippen molar-refractivity contribution in [3.05, 3.63) is 48.0 Å². The Morgan fingerprint density at radius 2 is 1.85 bits per heavy atom. The van der Waals surface area contributed by atoms with Gasteiger partial charge < -0.3 is 10.1 Å².